The van der Waals surface area contributed by atoms with Gasteiger partial charge in [0.15, 0.2) is 0 Å². The molecule has 1 aromatic carbocycles. The lowest BCUT2D eigenvalue weighted by Gasteiger charge is -2.20. The Kier molecular flexibility index (Phi) is 3.59. The van der Waals surface area contributed by atoms with Crippen molar-refractivity contribution in [1.82, 2.24) is 4.90 Å². The molecular formula is C14H16Cl2N2O. The van der Waals surface area contributed by atoms with Crippen molar-refractivity contribution in [2.75, 3.05) is 26.2 Å². The van der Waals surface area contributed by atoms with Crippen molar-refractivity contribution < 1.29 is 4.74 Å². The van der Waals surface area contributed by atoms with E-state index in [-0.39, 0.29) is 0 Å². The molecule has 0 bridgehead atoms. The normalized spacial score (nSPS) is 24.2. The minimum absolute atomic E-state index is 0.357. The van der Waals surface area contributed by atoms with Gasteiger partial charge in [0, 0.05) is 19.0 Å². The van der Waals surface area contributed by atoms with Gasteiger partial charge >= 0.3 is 0 Å². The van der Waals surface area contributed by atoms with Gasteiger partial charge in [0.05, 0.1) is 6.54 Å². The summed E-state index contributed by atoms with van der Waals surface area (Å²) in [6, 6.07) is 9.79. The number of aliphatic imine (C=N–C) groups is 1. The smallest absolute Gasteiger partial charge is 0.145 e. The van der Waals surface area contributed by atoms with Crippen molar-refractivity contribution in [3.63, 3.8) is 0 Å². The van der Waals surface area contributed by atoms with E-state index in [1.165, 1.54) is 0 Å². The van der Waals surface area contributed by atoms with E-state index in [2.05, 4.69) is 9.89 Å². The molecule has 2 aliphatic rings. The van der Waals surface area contributed by atoms with E-state index in [1.54, 1.807) is 0 Å². The largest absolute Gasteiger partial charge is 0.486 e. The third kappa shape index (κ3) is 3.15. The maximum atomic E-state index is 6.07. The summed E-state index contributed by atoms with van der Waals surface area (Å²) in [6.07, 6.45) is 0.874. The summed E-state index contributed by atoms with van der Waals surface area (Å²) in [4.78, 5) is 6.73. The fourth-order valence-corrected chi connectivity index (χ4v) is 2.77. The number of nitrogens with zero attached hydrogens (tertiary/aromatic N) is 2. The van der Waals surface area contributed by atoms with Crippen LogP contribution >= 0.6 is 23.2 Å². The molecule has 1 fully saturated rings. The summed E-state index contributed by atoms with van der Waals surface area (Å²) in [5.74, 6) is 2.23. The number of halogens is 2. The zero-order valence-electron chi connectivity index (χ0n) is 10.6. The van der Waals surface area contributed by atoms with Gasteiger partial charge in [-0.25, -0.2) is 0 Å². The topological polar surface area (TPSA) is 24.8 Å². The molecule has 0 spiro atoms. The fourth-order valence-electron chi connectivity index (χ4n) is 2.26. The maximum Gasteiger partial charge on any atom is 0.145 e. The van der Waals surface area contributed by atoms with Gasteiger partial charge in [-0.05, 0) is 18.6 Å². The molecule has 1 saturated carbocycles. The molecular weight excluding hydrogens is 283 g/mol. The van der Waals surface area contributed by atoms with Crippen molar-refractivity contribution in [2.24, 2.45) is 10.9 Å². The highest BCUT2D eigenvalue weighted by molar-refractivity contribution is 6.50. The number of amidine groups is 1. The summed E-state index contributed by atoms with van der Waals surface area (Å²) < 4.78 is 5.22. The summed E-state index contributed by atoms with van der Waals surface area (Å²) in [6.45, 7) is 3.16. The Bertz CT molecular complexity index is 476. The quantitative estimate of drug-likeness (QED) is 0.781. The van der Waals surface area contributed by atoms with Crippen molar-refractivity contribution in [3.05, 3.63) is 30.3 Å². The molecule has 1 heterocycles. The molecule has 1 aromatic rings. The first-order chi connectivity index (χ1) is 9.15. The third-order valence-corrected chi connectivity index (χ3v) is 4.46. The SMILES string of the molecule is ClC1(Cl)CC1CN1CCN=C1COc1ccccc1. The molecule has 5 heteroatoms. The Morgan fingerprint density at radius 2 is 2.05 bits per heavy atom. The number of hydrogen-bond acceptors (Lipinski definition) is 3. The molecule has 3 nitrogen and oxygen atoms in total. The van der Waals surface area contributed by atoms with Crippen LogP contribution in [0.1, 0.15) is 6.42 Å². The summed E-state index contributed by atoms with van der Waals surface area (Å²) >= 11 is 12.1. The van der Waals surface area contributed by atoms with Crippen LogP contribution in [0.4, 0.5) is 0 Å². The molecule has 0 saturated heterocycles. The fraction of sp³-hybridized carbons (Fsp3) is 0.500. The molecule has 1 aliphatic heterocycles. The van der Waals surface area contributed by atoms with E-state index in [0.29, 0.717) is 12.5 Å². The lowest BCUT2D eigenvalue weighted by atomic mass is 10.3. The van der Waals surface area contributed by atoms with Crippen LogP contribution in [0.5, 0.6) is 5.75 Å². The van der Waals surface area contributed by atoms with Gasteiger partial charge in [-0.1, -0.05) is 18.2 Å². The molecule has 0 aromatic heterocycles. The first-order valence-electron chi connectivity index (χ1n) is 6.49. The molecule has 0 amide bonds. The molecule has 1 atom stereocenters. The van der Waals surface area contributed by atoms with Gasteiger partial charge in [0.25, 0.3) is 0 Å². The van der Waals surface area contributed by atoms with Crippen LogP contribution in [0, 0.1) is 5.92 Å². The maximum absolute atomic E-state index is 6.07. The van der Waals surface area contributed by atoms with Crippen LogP contribution in [0.15, 0.2) is 35.3 Å². The zero-order chi connectivity index (χ0) is 13.3. The second-order valence-corrected chi connectivity index (χ2v) is 6.55. The summed E-state index contributed by atoms with van der Waals surface area (Å²) in [5, 5.41) is 0. The van der Waals surface area contributed by atoms with Crippen LogP contribution in [-0.2, 0) is 0 Å². The average Bonchev–Trinajstić information content (AvgIpc) is 2.82. The minimum atomic E-state index is -0.520. The Morgan fingerprint density at radius 1 is 1.32 bits per heavy atom. The van der Waals surface area contributed by atoms with E-state index in [1.807, 2.05) is 30.3 Å². The van der Waals surface area contributed by atoms with Crippen LogP contribution in [0.25, 0.3) is 0 Å². The van der Waals surface area contributed by atoms with Crippen molar-refractivity contribution in [3.8, 4) is 5.75 Å². The van der Waals surface area contributed by atoms with Crippen LogP contribution in [0.2, 0.25) is 0 Å². The van der Waals surface area contributed by atoms with Crippen LogP contribution in [-0.4, -0.2) is 41.3 Å². The van der Waals surface area contributed by atoms with E-state index in [4.69, 9.17) is 27.9 Å². The van der Waals surface area contributed by atoms with Gasteiger partial charge in [-0.3, -0.25) is 4.99 Å². The number of alkyl halides is 2. The first kappa shape index (κ1) is 13.1. The van der Waals surface area contributed by atoms with Crippen molar-refractivity contribution in [2.45, 2.75) is 10.8 Å². The highest BCUT2D eigenvalue weighted by Crippen LogP contribution is 2.53. The van der Waals surface area contributed by atoms with Crippen molar-refractivity contribution >= 4 is 29.0 Å². The Hall–Kier alpha value is -0.930. The number of rotatable bonds is 5. The van der Waals surface area contributed by atoms with E-state index in [0.717, 1.165) is 37.6 Å². The van der Waals surface area contributed by atoms with E-state index >= 15 is 0 Å². The van der Waals surface area contributed by atoms with Gasteiger partial charge in [-0.15, -0.1) is 23.2 Å². The molecule has 102 valence electrons. The number of hydrogen-bond donors (Lipinski definition) is 0. The van der Waals surface area contributed by atoms with Crippen LogP contribution < -0.4 is 4.74 Å². The van der Waals surface area contributed by atoms with Gasteiger partial charge in [0.1, 0.15) is 22.5 Å². The lowest BCUT2D eigenvalue weighted by Crippen LogP contribution is -2.34. The minimum Gasteiger partial charge on any atom is -0.486 e. The third-order valence-electron chi connectivity index (χ3n) is 3.54. The molecule has 19 heavy (non-hydrogen) atoms. The predicted molar refractivity (Wildman–Crippen MR) is 78.4 cm³/mol. The molecule has 1 unspecified atom stereocenters. The predicted octanol–water partition coefficient (Wildman–Crippen LogP) is 2.97. The van der Waals surface area contributed by atoms with E-state index in [9.17, 15) is 0 Å². The monoisotopic (exact) mass is 298 g/mol. The molecule has 0 N–H and O–H groups in total. The Balaban J connectivity index is 1.52. The summed E-state index contributed by atoms with van der Waals surface area (Å²) in [5.41, 5.74) is 0. The van der Waals surface area contributed by atoms with Crippen LogP contribution in [0.3, 0.4) is 0 Å². The van der Waals surface area contributed by atoms with Gasteiger partial charge in [-0.2, -0.15) is 0 Å². The number of benzene rings is 1. The first-order valence-corrected chi connectivity index (χ1v) is 7.25. The Labute approximate surface area is 123 Å². The zero-order valence-corrected chi connectivity index (χ0v) is 12.1. The standard InChI is InChI=1S/C14H16Cl2N2O/c15-14(16)8-11(14)9-18-7-6-17-13(18)10-19-12-4-2-1-3-5-12/h1-5,11H,6-10H2. The number of para-hydroxylation sites is 1. The highest BCUT2D eigenvalue weighted by Gasteiger charge is 2.52. The highest BCUT2D eigenvalue weighted by atomic mass is 35.5. The van der Waals surface area contributed by atoms with Gasteiger partial charge in [0.2, 0.25) is 0 Å². The lowest BCUT2D eigenvalue weighted by molar-refractivity contribution is 0.342. The molecule has 3 rings (SSSR count). The second kappa shape index (κ2) is 5.22. The van der Waals surface area contributed by atoms with Crippen molar-refractivity contribution in [1.29, 1.82) is 0 Å². The number of ether oxygens (including phenoxy) is 1. The van der Waals surface area contributed by atoms with E-state index < -0.39 is 4.33 Å². The molecule has 0 radical (unpaired) electrons. The van der Waals surface area contributed by atoms with Gasteiger partial charge < -0.3 is 9.64 Å². The average molecular weight is 299 g/mol. The second-order valence-electron chi connectivity index (χ2n) is 5.01. The Morgan fingerprint density at radius 3 is 2.74 bits per heavy atom. The molecule has 1 aliphatic carbocycles. The summed E-state index contributed by atoms with van der Waals surface area (Å²) in [7, 11) is 0.